The lowest BCUT2D eigenvalue weighted by molar-refractivity contribution is -0.118. The summed E-state index contributed by atoms with van der Waals surface area (Å²) in [5.41, 5.74) is 3.22. The number of hydrogen-bond donors (Lipinski definition) is 0. The highest BCUT2D eigenvalue weighted by Crippen LogP contribution is 2.39. The Morgan fingerprint density at radius 2 is 2.03 bits per heavy atom. The molecule has 2 aliphatic rings. The van der Waals surface area contributed by atoms with Crippen LogP contribution in [0.15, 0.2) is 42.6 Å². The molecule has 0 saturated heterocycles. The molecular weight excluding hydrogens is 372 g/mol. The molecule has 0 spiro atoms. The molecule has 1 fully saturated rings. The summed E-state index contributed by atoms with van der Waals surface area (Å²) < 4.78 is 0. The van der Waals surface area contributed by atoms with Gasteiger partial charge < -0.3 is 0 Å². The van der Waals surface area contributed by atoms with E-state index in [2.05, 4.69) is 22.0 Å². The van der Waals surface area contributed by atoms with Crippen LogP contribution in [0.1, 0.15) is 62.1 Å². The van der Waals surface area contributed by atoms with Crippen molar-refractivity contribution in [2.45, 2.75) is 64.0 Å². The Morgan fingerprint density at radius 3 is 2.73 bits per heavy atom. The van der Waals surface area contributed by atoms with Crippen molar-refractivity contribution >= 4 is 11.7 Å². The molecule has 4 rings (SSSR count). The molecule has 0 atom stereocenters. The fraction of sp³-hybridized carbons (Fsp3) is 0.480. The van der Waals surface area contributed by atoms with E-state index >= 15 is 0 Å². The van der Waals surface area contributed by atoms with Gasteiger partial charge >= 0.3 is 0 Å². The Hall–Kier alpha value is -2.71. The average Bonchev–Trinajstić information content (AvgIpc) is 2.78. The van der Waals surface area contributed by atoms with Gasteiger partial charge in [0.25, 0.3) is 0 Å². The Labute approximate surface area is 179 Å². The smallest absolute Gasteiger partial charge is 0.225 e. The maximum atomic E-state index is 12.8. The number of anilines is 1. The number of nitrogens with zero attached hydrogens (tertiary/aromatic N) is 4. The summed E-state index contributed by atoms with van der Waals surface area (Å²) in [6.45, 7) is 4.56. The van der Waals surface area contributed by atoms with Crippen LogP contribution >= 0.6 is 0 Å². The molecule has 5 nitrogen and oxygen atoms in total. The van der Waals surface area contributed by atoms with Gasteiger partial charge in [-0.15, -0.1) is 0 Å². The van der Waals surface area contributed by atoms with E-state index in [1.807, 2.05) is 35.2 Å². The number of aromatic nitrogens is 1. The van der Waals surface area contributed by atoms with Gasteiger partial charge in [0.2, 0.25) is 5.91 Å². The normalized spacial score (nSPS) is 18.3. The van der Waals surface area contributed by atoms with Gasteiger partial charge in [-0.1, -0.05) is 31.4 Å². The molecule has 2 heterocycles. The van der Waals surface area contributed by atoms with E-state index in [1.165, 1.54) is 17.5 Å². The van der Waals surface area contributed by atoms with Crippen molar-refractivity contribution in [2.75, 3.05) is 18.0 Å². The molecule has 1 aromatic heterocycles. The first-order chi connectivity index (χ1) is 14.6. The summed E-state index contributed by atoms with van der Waals surface area (Å²) in [5, 5.41) is 9.14. The van der Waals surface area contributed by atoms with Crippen LogP contribution in [0.4, 0.5) is 5.82 Å². The molecule has 1 aliphatic carbocycles. The standard InChI is InChI=1S/C25H30N4O/c1-20(30)29(24-7-3-6-14-27-24)25(11-4-2-5-12-25)13-16-28-15-10-22-17-21(18-26)8-9-23(22)19-28/h3,6-9,14,17H,2,4-5,10-13,15-16,19H2,1H3. The van der Waals surface area contributed by atoms with E-state index in [-0.39, 0.29) is 11.4 Å². The molecule has 30 heavy (non-hydrogen) atoms. The summed E-state index contributed by atoms with van der Waals surface area (Å²) >= 11 is 0. The number of amides is 1. The quantitative estimate of drug-likeness (QED) is 0.741. The second-order valence-corrected chi connectivity index (χ2v) is 8.70. The minimum Gasteiger partial charge on any atom is -0.299 e. The monoisotopic (exact) mass is 402 g/mol. The highest BCUT2D eigenvalue weighted by Gasteiger charge is 2.41. The number of nitriles is 1. The maximum Gasteiger partial charge on any atom is 0.225 e. The van der Waals surface area contributed by atoms with Gasteiger partial charge in [0, 0.05) is 32.8 Å². The maximum absolute atomic E-state index is 12.8. The first kappa shape index (κ1) is 20.6. The zero-order valence-electron chi connectivity index (χ0n) is 17.8. The lowest BCUT2D eigenvalue weighted by Gasteiger charge is -2.47. The SMILES string of the molecule is CC(=O)N(c1ccccn1)C1(CCN2CCc3cc(C#N)ccc3C2)CCCCC1. The van der Waals surface area contributed by atoms with Crippen molar-refractivity contribution in [2.24, 2.45) is 0 Å². The lowest BCUT2D eigenvalue weighted by Crippen LogP contribution is -2.54. The molecule has 0 N–H and O–H groups in total. The van der Waals surface area contributed by atoms with E-state index in [0.717, 1.165) is 69.5 Å². The van der Waals surface area contributed by atoms with Gasteiger partial charge in [0.15, 0.2) is 0 Å². The largest absolute Gasteiger partial charge is 0.299 e. The average molecular weight is 403 g/mol. The Balaban J connectivity index is 1.52. The molecular formula is C25H30N4O. The Kier molecular flexibility index (Phi) is 6.15. The lowest BCUT2D eigenvalue weighted by atomic mass is 9.77. The minimum absolute atomic E-state index is 0.0867. The van der Waals surface area contributed by atoms with Crippen molar-refractivity contribution in [1.82, 2.24) is 9.88 Å². The zero-order valence-corrected chi connectivity index (χ0v) is 17.8. The molecule has 1 aromatic carbocycles. The van der Waals surface area contributed by atoms with E-state index in [4.69, 9.17) is 5.26 Å². The number of carbonyl (C=O) groups excluding carboxylic acids is 1. The second-order valence-electron chi connectivity index (χ2n) is 8.70. The Bertz CT molecular complexity index is 928. The predicted octanol–water partition coefficient (Wildman–Crippen LogP) is 4.46. The van der Waals surface area contributed by atoms with E-state index < -0.39 is 0 Å². The van der Waals surface area contributed by atoms with Crippen LogP contribution in [0.2, 0.25) is 0 Å². The van der Waals surface area contributed by atoms with Crippen LogP contribution in [0.25, 0.3) is 0 Å². The minimum atomic E-state index is -0.149. The first-order valence-electron chi connectivity index (χ1n) is 11.1. The van der Waals surface area contributed by atoms with Crippen molar-refractivity contribution in [3.05, 3.63) is 59.3 Å². The molecule has 0 bridgehead atoms. The van der Waals surface area contributed by atoms with Crippen molar-refractivity contribution in [3.63, 3.8) is 0 Å². The van der Waals surface area contributed by atoms with E-state index in [9.17, 15) is 4.79 Å². The summed E-state index contributed by atoms with van der Waals surface area (Å²) in [6.07, 6.45) is 9.38. The molecule has 0 unspecified atom stereocenters. The predicted molar refractivity (Wildman–Crippen MR) is 118 cm³/mol. The summed E-state index contributed by atoms with van der Waals surface area (Å²) in [4.78, 5) is 21.8. The summed E-state index contributed by atoms with van der Waals surface area (Å²) in [5.74, 6) is 0.864. The van der Waals surface area contributed by atoms with E-state index in [1.54, 1.807) is 13.1 Å². The van der Waals surface area contributed by atoms with Gasteiger partial charge in [0.05, 0.1) is 17.2 Å². The van der Waals surface area contributed by atoms with Crippen LogP contribution < -0.4 is 4.90 Å². The highest BCUT2D eigenvalue weighted by atomic mass is 16.2. The molecule has 156 valence electrons. The summed E-state index contributed by atoms with van der Waals surface area (Å²) in [7, 11) is 0. The number of carbonyl (C=O) groups is 1. The van der Waals surface area contributed by atoms with Gasteiger partial charge in [-0.25, -0.2) is 4.98 Å². The number of pyridine rings is 1. The third-order valence-corrected chi connectivity index (χ3v) is 6.77. The van der Waals surface area contributed by atoms with Gasteiger partial charge in [-0.3, -0.25) is 14.6 Å². The molecule has 1 aliphatic heterocycles. The fourth-order valence-electron chi connectivity index (χ4n) is 5.26. The van der Waals surface area contributed by atoms with Crippen LogP contribution in [-0.4, -0.2) is 34.4 Å². The topological polar surface area (TPSA) is 60.2 Å². The summed E-state index contributed by atoms with van der Waals surface area (Å²) in [6, 6.07) is 14.1. The van der Waals surface area contributed by atoms with Gasteiger partial charge in [-0.2, -0.15) is 5.26 Å². The Morgan fingerprint density at radius 1 is 1.20 bits per heavy atom. The zero-order chi connectivity index (χ0) is 21.0. The van der Waals surface area contributed by atoms with Crippen LogP contribution in [-0.2, 0) is 17.8 Å². The van der Waals surface area contributed by atoms with Crippen LogP contribution in [0.3, 0.4) is 0 Å². The van der Waals surface area contributed by atoms with Gasteiger partial charge in [0.1, 0.15) is 5.82 Å². The number of rotatable bonds is 5. The van der Waals surface area contributed by atoms with E-state index in [0.29, 0.717) is 0 Å². The van der Waals surface area contributed by atoms with Crippen molar-refractivity contribution < 1.29 is 4.79 Å². The molecule has 1 amide bonds. The fourth-order valence-corrected chi connectivity index (χ4v) is 5.26. The third-order valence-electron chi connectivity index (χ3n) is 6.77. The van der Waals surface area contributed by atoms with Crippen molar-refractivity contribution in [3.8, 4) is 6.07 Å². The highest BCUT2D eigenvalue weighted by molar-refractivity contribution is 5.92. The third kappa shape index (κ3) is 4.24. The number of benzene rings is 1. The van der Waals surface area contributed by atoms with Crippen LogP contribution in [0.5, 0.6) is 0 Å². The number of fused-ring (bicyclic) bond motifs is 1. The molecule has 1 saturated carbocycles. The van der Waals surface area contributed by atoms with Gasteiger partial charge in [-0.05, 0) is 61.1 Å². The second kappa shape index (κ2) is 8.97. The van der Waals surface area contributed by atoms with Crippen LogP contribution in [0, 0.1) is 11.3 Å². The molecule has 0 radical (unpaired) electrons. The molecule has 2 aromatic rings. The molecule has 5 heteroatoms. The number of hydrogen-bond acceptors (Lipinski definition) is 4. The first-order valence-corrected chi connectivity index (χ1v) is 11.1. The van der Waals surface area contributed by atoms with Crippen molar-refractivity contribution in [1.29, 1.82) is 5.26 Å².